The van der Waals surface area contributed by atoms with Crippen molar-refractivity contribution in [1.29, 1.82) is 0 Å². The summed E-state index contributed by atoms with van der Waals surface area (Å²) in [6, 6.07) is 15.0. The Hall–Kier alpha value is -2.78. The number of nitro groups is 1. The van der Waals surface area contributed by atoms with Gasteiger partial charge in [-0.25, -0.2) is 8.42 Å². The standard InChI is InChI=1S/C17H18N4O4S/c22-21(23)16-8-4-5-9-17(16)26(24,25)20-12-10-19(11-13-20)18-14-15-6-2-1-3-7-15/h1-9,14H,10-13H2/b18-14+. The Bertz CT molecular complexity index is 907. The largest absolute Gasteiger partial charge is 0.294 e. The molecule has 0 unspecified atom stereocenters. The lowest BCUT2D eigenvalue weighted by atomic mass is 10.2. The summed E-state index contributed by atoms with van der Waals surface area (Å²) in [6.45, 7) is 1.29. The highest BCUT2D eigenvalue weighted by atomic mass is 32.2. The monoisotopic (exact) mass is 374 g/mol. The Labute approximate surface area is 151 Å². The fourth-order valence-electron chi connectivity index (χ4n) is 2.69. The Kier molecular flexibility index (Phi) is 5.29. The van der Waals surface area contributed by atoms with Crippen LogP contribution in [0.25, 0.3) is 0 Å². The smallest absolute Gasteiger partial charge is 0.289 e. The summed E-state index contributed by atoms with van der Waals surface area (Å²) in [7, 11) is -3.92. The molecule has 2 aromatic rings. The Balaban J connectivity index is 1.70. The normalized spacial score (nSPS) is 16.1. The molecule has 1 fully saturated rings. The third kappa shape index (κ3) is 3.89. The minimum Gasteiger partial charge on any atom is -0.294 e. The highest BCUT2D eigenvalue weighted by Gasteiger charge is 2.33. The van der Waals surface area contributed by atoms with E-state index in [1.54, 1.807) is 11.2 Å². The summed E-state index contributed by atoms with van der Waals surface area (Å²) in [4.78, 5) is 10.2. The number of sulfonamides is 1. The van der Waals surface area contributed by atoms with Crippen LogP contribution < -0.4 is 0 Å². The van der Waals surface area contributed by atoms with Crippen LogP contribution in [0, 0.1) is 10.1 Å². The van der Waals surface area contributed by atoms with E-state index in [9.17, 15) is 18.5 Å². The maximum atomic E-state index is 12.8. The van der Waals surface area contributed by atoms with Gasteiger partial charge in [-0.2, -0.15) is 9.41 Å². The number of hydrazone groups is 1. The number of hydrogen-bond donors (Lipinski definition) is 0. The van der Waals surface area contributed by atoms with Gasteiger partial charge in [0.25, 0.3) is 5.69 Å². The lowest BCUT2D eigenvalue weighted by Gasteiger charge is -2.32. The molecule has 0 saturated carbocycles. The number of piperazine rings is 1. The first-order chi connectivity index (χ1) is 12.5. The molecule has 8 nitrogen and oxygen atoms in total. The Morgan fingerprint density at radius 2 is 1.58 bits per heavy atom. The highest BCUT2D eigenvalue weighted by Crippen LogP contribution is 2.26. The molecule has 0 spiro atoms. The van der Waals surface area contributed by atoms with E-state index >= 15 is 0 Å². The maximum Gasteiger partial charge on any atom is 0.289 e. The second-order valence-corrected chi connectivity index (χ2v) is 7.64. The van der Waals surface area contributed by atoms with Crippen LogP contribution in [0.2, 0.25) is 0 Å². The predicted molar refractivity (Wildman–Crippen MR) is 97.5 cm³/mol. The van der Waals surface area contributed by atoms with Crippen molar-refractivity contribution >= 4 is 21.9 Å². The molecule has 1 aliphatic heterocycles. The molecular formula is C17H18N4O4S. The van der Waals surface area contributed by atoms with E-state index in [1.165, 1.54) is 28.6 Å². The summed E-state index contributed by atoms with van der Waals surface area (Å²) < 4.78 is 26.8. The zero-order chi connectivity index (χ0) is 18.6. The van der Waals surface area contributed by atoms with E-state index in [4.69, 9.17) is 0 Å². The Morgan fingerprint density at radius 3 is 2.23 bits per heavy atom. The second kappa shape index (κ2) is 7.63. The topological polar surface area (TPSA) is 96.1 Å². The average Bonchev–Trinajstić information content (AvgIpc) is 2.67. The van der Waals surface area contributed by atoms with E-state index in [1.807, 2.05) is 30.3 Å². The number of rotatable bonds is 5. The van der Waals surface area contributed by atoms with E-state index in [0.717, 1.165) is 5.56 Å². The second-order valence-electron chi connectivity index (χ2n) is 5.74. The zero-order valence-electron chi connectivity index (χ0n) is 13.9. The number of hydrogen-bond acceptors (Lipinski definition) is 6. The van der Waals surface area contributed by atoms with Crippen LogP contribution in [0.4, 0.5) is 5.69 Å². The van der Waals surface area contributed by atoms with Crippen molar-refractivity contribution in [3.63, 3.8) is 0 Å². The Morgan fingerprint density at radius 1 is 0.962 bits per heavy atom. The molecule has 26 heavy (non-hydrogen) atoms. The molecule has 0 aromatic heterocycles. The molecule has 0 bridgehead atoms. The van der Waals surface area contributed by atoms with Gasteiger partial charge in [-0.05, 0) is 11.6 Å². The quantitative estimate of drug-likeness (QED) is 0.453. The van der Waals surface area contributed by atoms with Crippen molar-refractivity contribution in [2.24, 2.45) is 5.10 Å². The molecule has 0 radical (unpaired) electrons. The maximum absolute atomic E-state index is 12.8. The van der Waals surface area contributed by atoms with Gasteiger partial charge in [-0.1, -0.05) is 42.5 Å². The predicted octanol–water partition coefficient (Wildman–Crippen LogP) is 1.94. The molecule has 0 atom stereocenters. The van der Waals surface area contributed by atoms with Gasteiger partial charge >= 0.3 is 0 Å². The van der Waals surface area contributed by atoms with E-state index in [-0.39, 0.29) is 18.0 Å². The average molecular weight is 374 g/mol. The molecule has 136 valence electrons. The van der Waals surface area contributed by atoms with Crippen molar-refractivity contribution < 1.29 is 13.3 Å². The van der Waals surface area contributed by atoms with Gasteiger partial charge in [-0.15, -0.1) is 0 Å². The SMILES string of the molecule is O=[N+]([O-])c1ccccc1S(=O)(=O)N1CCN(/N=C/c2ccccc2)CC1. The molecule has 1 aliphatic rings. The van der Waals surface area contributed by atoms with Gasteiger partial charge in [0.2, 0.25) is 10.0 Å². The fraction of sp³-hybridized carbons (Fsp3) is 0.235. The lowest BCUT2D eigenvalue weighted by molar-refractivity contribution is -0.387. The molecular weight excluding hydrogens is 356 g/mol. The molecule has 3 rings (SSSR count). The van der Waals surface area contributed by atoms with Crippen molar-refractivity contribution in [3.05, 3.63) is 70.3 Å². The molecule has 2 aromatic carbocycles. The molecule has 0 aliphatic carbocycles. The van der Waals surface area contributed by atoms with Crippen LogP contribution in [0.1, 0.15) is 5.56 Å². The van der Waals surface area contributed by atoms with Crippen molar-refractivity contribution in [2.75, 3.05) is 26.2 Å². The van der Waals surface area contributed by atoms with Crippen LogP contribution in [-0.2, 0) is 10.0 Å². The lowest BCUT2D eigenvalue weighted by Crippen LogP contribution is -2.46. The first kappa shape index (κ1) is 18.0. The molecule has 0 N–H and O–H groups in total. The van der Waals surface area contributed by atoms with Crippen LogP contribution in [0.15, 0.2) is 64.6 Å². The number of para-hydroxylation sites is 1. The van der Waals surface area contributed by atoms with Gasteiger partial charge < -0.3 is 0 Å². The third-order valence-corrected chi connectivity index (χ3v) is 6.01. The first-order valence-corrected chi connectivity index (χ1v) is 9.50. The third-order valence-electron chi connectivity index (χ3n) is 4.06. The van der Waals surface area contributed by atoms with Crippen LogP contribution in [0.3, 0.4) is 0 Å². The summed E-state index contributed by atoms with van der Waals surface area (Å²) in [5.74, 6) is 0. The van der Waals surface area contributed by atoms with Gasteiger partial charge in [-0.3, -0.25) is 15.1 Å². The molecule has 0 amide bonds. The van der Waals surface area contributed by atoms with E-state index < -0.39 is 20.6 Å². The number of nitrogens with zero attached hydrogens (tertiary/aromatic N) is 4. The summed E-state index contributed by atoms with van der Waals surface area (Å²) >= 11 is 0. The van der Waals surface area contributed by atoms with Crippen molar-refractivity contribution in [3.8, 4) is 0 Å². The van der Waals surface area contributed by atoms with Crippen molar-refractivity contribution in [1.82, 2.24) is 9.31 Å². The first-order valence-electron chi connectivity index (χ1n) is 8.06. The van der Waals surface area contributed by atoms with Gasteiger partial charge in [0.15, 0.2) is 4.90 Å². The van der Waals surface area contributed by atoms with E-state index in [0.29, 0.717) is 13.1 Å². The highest BCUT2D eigenvalue weighted by molar-refractivity contribution is 7.89. The summed E-state index contributed by atoms with van der Waals surface area (Å²) in [5.41, 5.74) is 0.555. The zero-order valence-corrected chi connectivity index (χ0v) is 14.7. The molecule has 1 saturated heterocycles. The summed E-state index contributed by atoms with van der Waals surface area (Å²) in [6.07, 6.45) is 1.73. The fourth-order valence-corrected chi connectivity index (χ4v) is 4.27. The van der Waals surface area contributed by atoms with Crippen LogP contribution >= 0.6 is 0 Å². The van der Waals surface area contributed by atoms with Crippen LogP contribution in [-0.4, -0.2) is 55.0 Å². The van der Waals surface area contributed by atoms with Gasteiger partial charge in [0.05, 0.1) is 11.1 Å². The number of nitro benzene ring substituents is 1. The summed E-state index contributed by atoms with van der Waals surface area (Å²) in [5, 5.41) is 17.3. The minimum atomic E-state index is -3.92. The minimum absolute atomic E-state index is 0.223. The van der Waals surface area contributed by atoms with Gasteiger partial charge in [0.1, 0.15) is 0 Å². The van der Waals surface area contributed by atoms with Crippen molar-refractivity contribution in [2.45, 2.75) is 4.90 Å². The molecule has 9 heteroatoms. The molecule has 1 heterocycles. The number of benzene rings is 2. The van der Waals surface area contributed by atoms with E-state index in [2.05, 4.69) is 5.10 Å². The van der Waals surface area contributed by atoms with Crippen LogP contribution in [0.5, 0.6) is 0 Å². The van der Waals surface area contributed by atoms with Gasteiger partial charge in [0, 0.05) is 32.2 Å².